The van der Waals surface area contributed by atoms with Crippen LogP contribution in [-0.2, 0) is 12.3 Å². The van der Waals surface area contributed by atoms with E-state index >= 15 is 0 Å². The molecule has 2 aromatic heterocycles. The van der Waals surface area contributed by atoms with Gasteiger partial charge in [0.1, 0.15) is 10.8 Å². The second-order valence-electron chi connectivity index (χ2n) is 6.24. The summed E-state index contributed by atoms with van der Waals surface area (Å²) in [4.78, 5) is 4.76. The number of rotatable bonds is 6. The summed E-state index contributed by atoms with van der Waals surface area (Å²) in [7, 11) is 0. The molecule has 26 heavy (non-hydrogen) atoms. The van der Waals surface area contributed by atoms with Crippen LogP contribution in [0.1, 0.15) is 38.2 Å². The summed E-state index contributed by atoms with van der Waals surface area (Å²) in [5.74, 6) is 3.76. The lowest BCUT2D eigenvalue weighted by Crippen LogP contribution is -2.04. The third-order valence-corrected chi connectivity index (χ3v) is 6.04. The summed E-state index contributed by atoms with van der Waals surface area (Å²) in [6, 6.07) is 5.94. The zero-order chi connectivity index (χ0) is 18.1. The number of fused-ring (bicyclic) bond motifs is 1. The monoisotopic (exact) mass is 388 g/mol. The zero-order valence-corrected chi connectivity index (χ0v) is 16.6. The third-order valence-electron chi connectivity index (χ3n) is 4.10. The Morgan fingerprint density at radius 3 is 2.88 bits per heavy atom. The van der Waals surface area contributed by atoms with Gasteiger partial charge in [-0.25, -0.2) is 4.98 Å². The van der Waals surface area contributed by atoms with Crippen molar-refractivity contribution < 1.29 is 9.47 Å². The molecule has 0 unspecified atom stereocenters. The standard InChI is InChI=1S/C18H20N4O2S2/c1-4-22-16(11(2)3)20-21-18(22)26-9-13-8-25-17(19-13)12-5-6-14-15(7-12)24-10-23-14/h5-8,11H,4,9-10H2,1-3H3. The van der Waals surface area contributed by atoms with Crippen LogP contribution in [0.25, 0.3) is 10.6 Å². The van der Waals surface area contributed by atoms with Gasteiger partial charge in [-0.15, -0.1) is 21.5 Å². The lowest BCUT2D eigenvalue weighted by atomic mass is 10.2. The molecule has 3 heterocycles. The minimum absolute atomic E-state index is 0.287. The Labute approximate surface area is 160 Å². The van der Waals surface area contributed by atoms with Gasteiger partial charge < -0.3 is 14.0 Å². The van der Waals surface area contributed by atoms with E-state index in [-0.39, 0.29) is 6.79 Å². The number of ether oxygens (including phenoxy) is 2. The number of benzene rings is 1. The number of thiazole rings is 1. The molecule has 0 aliphatic carbocycles. The summed E-state index contributed by atoms with van der Waals surface area (Å²) in [5.41, 5.74) is 2.10. The highest BCUT2D eigenvalue weighted by atomic mass is 32.2. The molecule has 0 saturated heterocycles. The van der Waals surface area contributed by atoms with Crippen LogP contribution in [0.2, 0.25) is 0 Å². The maximum atomic E-state index is 5.45. The predicted octanol–water partition coefficient (Wildman–Crippen LogP) is 4.57. The van der Waals surface area contributed by atoms with Crippen molar-refractivity contribution in [3.8, 4) is 22.1 Å². The van der Waals surface area contributed by atoms with Crippen molar-refractivity contribution >= 4 is 23.1 Å². The third kappa shape index (κ3) is 3.31. The maximum absolute atomic E-state index is 5.45. The molecule has 0 spiro atoms. The van der Waals surface area contributed by atoms with Crippen LogP contribution >= 0.6 is 23.1 Å². The predicted molar refractivity (Wildman–Crippen MR) is 103 cm³/mol. The van der Waals surface area contributed by atoms with E-state index in [1.165, 1.54) is 0 Å². The molecule has 1 aromatic carbocycles. The topological polar surface area (TPSA) is 62.1 Å². The Bertz CT molecular complexity index is 920. The molecular formula is C18H20N4O2S2. The minimum Gasteiger partial charge on any atom is -0.454 e. The molecular weight excluding hydrogens is 368 g/mol. The van der Waals surface area contributed by atoms with Crippen molar-refractivity contribution in [2.24, 2.45) is 0 Å². The molecule has 136 valence electrons. The summed E-state index contributed by atoms with van der Waals surface area (Å²) in [6.07, 6.45) is 0. The van der Waals surface area contributed by atoms with E-state index in [0.29, 0.717) is 5.92 Å². The highest BCUT2D eigenvalue weighted by molar-refractivity contribution is 7.98. The lowest BCUT2D eigenvalue weighted by Gasteiger charge is -2.08. The Morgan fingerprint density at radius 1 is 1.23 bits per heavy atom. The average molecular weight is 389 g/mol. The average Bonchev–Trinajstić information content (AvgIpc) is 3.37. The fraction of sp³-hybridized carbons (Fsp3) is 0.389. The first kappa shape index (κ1) is 17.4. The van der Waals surface area contributed by atoms with E-state index in [2.05, 4.69) is 40.9 Å². The second kappa shape index (κ2) is 7.28. The van der Waals surface area contributed by atoms with Crippen LogP contribution in [-0.4, -0.2) is 26.5 Å². The summed E-state index contributed by atoms with van der Waals surface area (Å²) in [5, 5.41) is 12.7. The smallest absolute Gasteiger partial charge is 0.231 e. The summed E-state index contributed by atoms with van der Waals surface area (Å²) < 4.78 is 13.0. The number of hydrogen-bond donors (Lipinski definition) is 0. The largest absolute Gasteiger partial charge is 0.454 e. The van der Waals surface area contributed by atoms with Crippen LogP contribution in [0.3, 0.4) is 0 Å². The maximum Gasteiger partial charge on any atom is 0.231 e. The molecule has 0 saturated carbocycles. The number of aromatic nitrogens is 4. The molecule has 0 N–H and O–H groups in total. The van der Waals surface area contributed by atoms with Gasteiger partial charge in [-0.1, -0.05) is 25.6 Å². The van der Waals surface area contributed by atoms with Crippen molar-refractivity contribution in [3.05, 3.63) is 35.1 Å². The van der Waals surface area contributed by atoms with Gasteiger partial charge in [0.05, 0.1) is 5.69 Å². The van der Waals surface area contributed by atoms with Gasteiger partial charge >= 0.3 is 0 Å². The highest BCUT2D eigenvalue weighted by Crippen LogP contribution is 2.37. The Kier molecular flexibility index (Phi) is 4.86. The van der Waals surface area contributed by atoms with Crippen LogP contribution in [0.5, 0.6) is 11.5 Å². The van der Waals surface area contributed by atoms with Crippen molar-refractivity contribution in [2.75, 3.05) is 6.79 Å². The molecule has 0 amide bonds. The number of nitrogens with zero attached hydrogens (tertiary/aromatic N) is 4. The van der Waals surface area contributed by atoms with E-state index in [1.54, 1.807) is 23.1 Å². The van der Waals surface area contributed by atoms with Crippen LogP contribution < -0.4 is 9.47 Å². The van der Waals surface area contributed by atoms with Crippen molar-refractivity contribution in [1.82, 2.24) is 19.7 Å². The van der Waals surface area contributed by atoms with Gasteiger partial charge in [0, 0.05) is 29.2 Å². The number of hydrogen-bond acceptors (Lipinski definition) is 7. The molecule has 3 aromatic rings. The molecule has 0 radical (unpaired) electrons. The van der Waals surface area contributed by atoms with E-state index in [1.807, 2.05) is 18.2 Å². The lowest BCUT2D eigenvalue weighted by molar-refractivity contribution is 0.174. The van der Waals surface area contributed by atoms with Gasteiger partial charge in [-0.2, -0.15) is 0 Å². The van der Waals surface area contributed by atoms with Crippen LogP contribution in [0.4, 0.5) is 0 Å². The molecule has 4 rings (SSSR count). The zero-order valence-electron chi connectivity index (χ0n) is 14.9. The molecule has 1 aliphatic rings. The molecule has 1 aliphatic heterocycles. The first-order valence-corrected chi connectivity index (χ1v) is 10.4. The molecule has 0 bridgehead atoms. The molecule has 0 fully saturated rings. The highest BCUT2D eigenvalue weighted by Gasteiger charge is 2.17. The van der Waals surface area contributed by atoms with Crippen LogP contribution in [0.15, 0.2) is 28.7 Å². The van der Waals surface area contributed by atoms with E-state index in [9.17, 15) is 0 Å². The van der Waals surface area contributed by atoms with Crippen molar-refractivity contribution in [1.29, 1.82) is 0 Å². The van der Waals surface area contributed by atoms with Crippen LogP contribution in [0, 0.1) is 0 Å². The van der Waals surface area contributed by atoms with Gasteiger partial charge in [-0.05, 0) is 25.1 Å². The van der Waals surface area contributed by atoms with E-state index in [0.717, 1.165) is 51.0 Å². The summed E-state index contributed by atoms with van der Waals surface area (Å²) >= 11 is 3.32. The van der Waals surface area contributed by atoms with Gasteiger partial charge in [0.25, 0.3) is 0 Å². The van der Waals surface area contributed by atoms with Crippen molar-refractivity contribution in [3.63, 3.8) is 0 Å². The Morgan fingerprint density at radius 2 is 2.08 bits per heavy atom. The second-order valence-corrected chi connectivity index (χ2v) is 8.04. The molecule has 8 heteroatoms. The Hall–Kier alpha value is -2.06. The SMILES string of the molecule is CCn1c(SCc2csc(-c3ccc4c(c3)OCO4)n2)nnc1C(C)C. The first-order valence-electron chi connectivity index (χ1n) is 8.56. The van der Waals surface area contributed by atoms with Gasteiger partial charge in [0.2, 0.25) is 6.79 Å². The van der Waals surface area contributed by atoms with Gasteiger partial charge in [0.15, 0.2) is 16.7 Å². The van der Waals surface area contributed by atoms with Crippen molar-refractivity contribution in [2.45, 2.75) is 44.1 Å². The molecule has 6 nitrogen and oxygen atoms in total. The summed E-state index contributed by atoms with van der Waals surface area (Å²) in [6.45, 7) is 7.57. The fourth-order valence-corrected chi connectivity index (χ4v) is 4.63. The quantitative estimate of drug-likeness (QED) is 0.577. The van der Waals surface area contributed by atoms with E-state index in [4.69, 9.17) is 14.5 Å². The fourth-order valence-electron chi connectivity index (χ4n) is 2.81. The number of thioether (sulfide) groups is 1. The minimum atomic E-state index is 0.287. The van der Waals surface area contributed by atoms with E-state index < -0.39 is 0 Å². The van der Waals surface area contributed by atoms with Gasteiger partial charge in [-0.3, -0.25) is 0 Å². The first-order chi connectivity index (χ1) is 12.7. The Balaban J connectivity index is 1.48. The molecule has 0 atom stereocenters. The normalized spacial score (nSPS) is 12.9.